The first-order valence-electron chi connectivity index (χ1n) is 7.60. The maximum atomic E-state index is 13.7. The Bertz CT molecular complexity index is 655. The fraction of sp³-hybridized carbons (Fsp3) is 0.533. The minimum atomic E-state index is -4.86. The number of urea groups is 1. The molecule has 2 rings (SSSR count). The summed E-state index contributed by atoms with van der Waals surface area (Å²) in [4.78, 5) is 11.8. The van der Waals surface area contributed by atoms with Crippen LogP contribution < -0.4 is 15.4 Å². The van der Waals surface area contributed by atoms with E-state index in [1.165, 1.54) is 0 Å². The van der Waals surface area contributed by atoms with Crippen LogP contribution in [0.3, 0.4) is 0 Å². The summed E-state index contributed by atoms with van der Waals surface area (Å²) in [5, 5.41) is 4.02. The van der Waals surface area contributed by atoms with E-state index < -0.39 is 54.2 Å². The van der Waals surface area contributed by atoms with Crippen molar-refractivity contribution in [3.05, 3.63) is 24.0 Å². The summed E-state index contributed by atoms with van der Waals surface area (Å²) in [7, 11) is 0. The molecule has 4 nitrogen and oxygen atoms in total. The van der Waals surface area contributed by atoms with Gasteiger partial charge >= 0.3 is 18.6 Å². The largest absolute Gasteiger partial charge is 0.461 e. The van der Waals surface area contributed by atoms with Gasteiger partial charge in [-0.3, -0.25) is 0 Å². The summed E-state index contributed by atoms with van der Waals surface area (Å²) in [5.74, 6) is -5.23. The Morgan fingerprint density at radius 3 is 2.54 bits per heavy atom. The highest BCUT2D eigenvalue weighted by atomic mass is 19.3. The van der Waals surface area contributed by atoms with Crippen molar-refractivity contribution in [2.75, 3.05) is 5.32 Å². The lowest BCUT2D eigenvalue weighted by Crippen LogP contribution is -2.50. The number of ether oxygens (including phenoxy) is 1. The lowest BCUT2D eigenvalue weighted by molar-refractivity contribution is -0.253. The van der Waals surface area contributed by atoms with E-state index in [2.05, 4.69) is 4.74 Å². The molecule has 11 heteroatoms. The molecular formula is C15H15F7N2O2. The van der Waals surface area contributed by atoms with E-state index in [4.69, 9.17) is 0 Å². The first-order valence-corrected chi connectivity index (χ1v) is 7.60. The van der Waals surface area contributed by atoms with Gasteiger partial charge in [0.25, 0.3) is 5.92 Å². The summed E-state index contributed by atoms with van der Waals surface area (Å²) < 4.78 is 94.5. The molecule has 26 heavy (non-hydrogen) atoms. The molecule has 0 aromatic heterocycles. The number of nitrogens with one attached hydrogen (secondary N) is 2. The molecule has 0 spiro atoms. The van der Waals surface area contributed by atoms with Gasteiger partial charge in [0.1, 0.15) is 11.6 Å². The van der Waals surface area contributed by atoms with Crippen LogP contribution in [-0.2, 0) is 0 Å². The van der Waals surface area contributed by atoms with Gasteiger partial charge in [-0.25, -0.2) is 18.0 Å². The number of halogens is 7. The van der Waals surface area contributed by atoms with Crippen LogP contribution in [0.25, 0.3) is 0 Å². The van der Waals surface area contributed by atoms with Crippen LogP contribution >= 0.6 is 0 Å². The quantitative estimate of drug-likeness (QED) is 0.715. The Morgan fingerprint density at radius 2 is 1.92 bits per heavy atom. The fourth-order valence-electron chi connectivity index (χ4n) is 2.49. The Labute approximate surface area is 143 Å². The number of benzene rings is 1. The summed E-state index contributed by atoms with van der Waals surface area (Å²) in [6.45, 7) is 0. The molecule has 1 saturated carbocycles. The first kappa shape index (κ1) is 20.1. The molecule has 2 N–H and O–H groups in total. The van der Waals surface area contributed by atoms with E-state index >= 15 is 0 Å². The molecule has 146 valence electrons. The molecule has 1 aromatic carbocycles. The molecule has 0 heterocycles. The maximum Gasteiger partial charge on any atom is 0.461 e. The van der Waals surface area contributed by atoms with Gasteiger partial charge in [-0.1, -0.05) is 6.42 Å². The zero-order valence-electron chi connectivity index (χ0n) is 13.2. The number of hydrogen-bond acceptors (Lipinski definition) is 2. The third kappa shape index (κ3) is 5.15. The number of carbonyl (C=O) groups excluding carboxylic acids is 1. The van der Waals surface area contributed by atoms with E-state index in [-0.39, 0.29) is 6.42 Å². The third-order valence-electron chi connectivity index (χ3n) is 3.71. The van der Waals surface area contributed by atoms with Crippen LogP contribution in [0.15, 0.2) is 18.2 Å². The smallest absolute Gasteiger partial charge is 0.428 e. The molecule has 0 bridgehead atoms. The molecule has 0 radical (unpaired) electrons. The Balaban J connectivity index is 2.06. The van der Waals surface area contributed by atoms with Gasteiger partial charge in [0.2, 0.25) is 0 Å². The minimum Gasteiger partial charge on any atom is -0.428 e. The van der Waals surface area contributed by atoms with Crippen LogP contribution in [0.2, 0.25) is 0 Å². The molecule has 0 aliphatic heterocycles. The second-order valence-corrected chi connectivity index (χ2v) is 5.80. The molecule has 0 saturated heterocycles. The second kappa shape index (κ2) is 7.58. The Hall–Kier alpha value is -2.20. The number of carbonyl (C=O) groups is 1. The summed E-state index contributed by atoms with van der Waals surface area (Å²) in [6.07, 6.45) is -8.56. The van der Waals surface area contributed by atoms with Crippen molar-refractivity contribution in [2.24, 2.45) is 0 Å². The molecule has 2 amide bonds. The first-order chi connectivity index (χ1) is 12.0. The van der Waals surface area contributed by atoms with E-state index in [0.717, 1.165) is 0 Å². The molecule has 1 aliphatic rings. The van der Waals surface area contributed by atoms with Gasteiger partial charge in [0.05, 0.1) is 6.04 Å². The highest BCUT2D eigenvalue weighted by Crippen LogP contribution is 2.33. The van der Waals surface area contributed by atoms with Crippen molar-refractivity contribution in [3.8, 4) is 5.75 Å². The molecule has 1 aliphatic carbocycles. The van der Waals surface area contributed by atoms with Gasteiger partial charge in [0.15, 0.2) is 0 Å². The van der Waals surface area contributed by atoms with Gasteiger partial charge in [-0.05, 0) is 18.9 Å². The third-order valence-corrected chi connectivity index (χ3v) is 3.71. The van der Waals surface area contributed by atoms with Crippen molar-refractivity contribution in [2.45, 2.75) is 50.2 Å². The van der Waals surface area contributed by atoms with Crippen LogP contribution in [0, 0.1) is 5.82 Å². The van der Waals surface area contributed by atoms with E-state index in [9.17, 15) is 35.5 Å². The predicted octanol–water partition coefficient (Wildman–Crippen LogP) is 4.76. The van der Waals surface area contributed by atoms with E-state index in [0.29, 0.717) is 31.0 Å². The maximum absolute atomic E-state index is 13.7. The van der Waals surface area contributed by atoms with Gasteiger partial charge in [0, 0.05) is 24.2 Å². The average molecular weight is 388 g/mol. The Morgan fingerprint density at radius 1 is 1.23 bits per heavy atom. The Kier molecular flexibility index (Phi) is 5.87. The SMILES string of the molecule is O=C(Nc1cc(F)cc(OC(F)(F)C(F)F)c1)NC1CCCCC1(F)F. The predicted molar refractivity (Wildman–Crippen MR) is 77.3 cm³/mol. The topological polar surface area (TPSA) is 50.4 Å². The molecule has 1 aromatic rings. The van der Waals surface area contributed by atoms with Crippen molar-refractivity contribution in [1.82, 2.24) is 5.32 Å². The number of hydrogen-bond donors (Lipinski definition) is 2. The second-order valence-electron chi connectivity index (χ2n) is 5.80. The highest BCUT2D eigenvalue weighted by molar-refractivity contribution is 5.89. The average Bonchev–Trinajstić information content (AvgIpc) is 2.48. The number of alkyl halides is 6. The summed E-state index contributed by atoms with van der Waals surface area (Å²) in [5.41, 5.74) is -0.429. The zero-order chi connectivity index (χ0) is 19.5. The summed E-state index contributed by atoms with van der Waals surface area (Å²) in [6, 6.07) is -0.782. The van der Waals surface area contributed by atoms with Crippen LogP contribution in [0.1, 0.15) is 25.7 Å². The van der Waals surface area contributed by atoms with Crippen LogP contribution in [0.5, 0.6) is 5.75 Å². The van der Waals surface area contributed by atoms with Crippen molar-refractivity contribution >= 4 is 11.7 Å². The van der Waals surface area contributed by atoms with Crippen molar-refractivity contribution < 1.29 is 40.3 Å². The van der Waals surface area contributed by atoms with Crippen molar-refractivity contribution in [3.63, 3.8) is 0 Å². The van der Waals surface area contributed by atoms with E-state index in [1.807, 2.05) is 10.6 Å². The monoisotopic (exact) mass is 388 g/mol. The van der Waals surface area contributed by atoms with Crippen LogP contribution in [-0.4, -0.2) is 30.5 Å². The fourth-order valence-corrected chi connectivity index (χ4v) is 2.49. The molecular weight excluding hydrogens is 373 g/mol. The highest BCUT2D eigenvalue weighted by Gasteiger charge is 2.44. The van der Waals surface area contributed by atoms with Gasteiger partial charge in [-0.15, -0.1) is 0 Å². The molecule has 1 fully saturated rings. The lowest BCUT2D eigenvalue weighted by Gasteiger charge is -2.31. The lowest BCUT2D eigenvalue weighted by atomic mass is 9.92. The molecule has 1 atom stereocenters. The summed E-state index contributed by atoms with van der Waals surface area (Å²) >= 11 is 0. The van der Waals surface area contributed by atoms with Gasteiger partial charge in [-0.2, -0.15) is 17.6 Å². The number of rotatable bonds is 5. The van der Waals surface area contributed by atoms with E-state index in [1.54, 1.807) is 0 Å². The van der Waals surface area contributed by atoms with Crippen LogP contribution in [0.4, 0.5) is 41.2 Å². The standard InChI is InChI=1S/C15H15F7N2O2/c16-8-5-9(7-10(6-8)26-15(21,22)12(17)18)23-13(25)24-11-3-1-2-4-14(11,19)20/h5-7,11-12H,1-4H2,(H2,23,24,25). The van der Waals surface area contributed by atoms with Crippen molar-refractivity contribution in [1.29, 1.82) is 0 Å². The zero-order valence-corrected chi connectivity index (χ0v) is 13.2. The normalized spacial score (nSPS) is 19.9. The molecule has 1 unspecified atom stereocenters. The van der Waals surface area contributed by atoms with Gasteiger partial charge < -0.3 is 15.4 Å². The minimum absolute atomic E-state index is 0.0402. The number of anilines is 1. The number of amides is 2.